The number of hydrogen-bond donors (Lipinski definition) is 2. The molecule has 1 aromatic heterocycles. The topological polar surface area (TPSA) is 73.1 Å². The molecule has 0 aliphatic carbocycles. The van der Waals surface area contributed by atoms with Crippen molar-refractivity contribution >= 4 is 11.8 Å². The van der Waals surface area contributed by atoms with E-state index in [0.29, 0.717) is 17.8 Å². The van der Waals surface area contributed by atoms with Crippen LogP contribution in [0, 0.1) is 6.92 Å². The normalized spacial score (nSPS) is 17.7. The Labute approximate surface area is 89.1 Å². The van der Waals surface area contributed by atoms with Gasteiger partial charge >= 0.3 is 0 Å². The fourth-order valence-electron chi connectivity index (χ4n) is 1.68. The van der Waals surface area contributed by atoms with Gasteiger partial charge < -0.3 is 15.8 Å². The van der Waals surface area contributed by atoms with Gasteiger partial charge in [-0.1, -0.05) is 0 Å². The molecule has 82 valence electrons. The monoisotopic (exact) mass is 208 g/mol. The van der Waals surface area contributed by atoms with Crippen LogP contribution in [0.25, 0.3) is 0 Å². The van der Waals surface area contributed by atoms with Gasteiger partial charge in [-0.15, -0.1) is 0 Å². The summed E-state index contributed by atoms with van der Waals surface area (Å²) in [6.45, 7) is 3.52. The van der Waals surface area contributed by atoms with E-state index in [4.69, 9.17) is 10.5 Å². The second-order valence-electron chi connectivity index (χ2n) is 3.79. The molecule has 15 heavy (non-hydrogen) atoms. The number of ether oxygens (including phenoxy) is 1. The van der Waals surface area contributed by atoms with Gasteiger partial charge in [0.05, 0.1) is 0 Å². The second-order valence-corrected chi connectivity index (χ2v) is 3.79. The molecule has 0 spiro atoms. The van der Waals surface area contributed by atoms with Crippen molar-refractivity contribution in [2.24, 2.45) is 0 Å². The van der Waals surface area contributed by atoms with Crippen LogP contribution in [0.4, 0.5) is 11.8 Å². The van der Waals surface area contributed by atoms with Crippen molar-refractivity contribution < 1.29 is 4.74 Å². The van der Waals surface area contributed by atoms with Gasteiger partial charge in [0, 0.05) is 31.0 Å². The van der Waals surface area contributed by atoms with Gasteiger partial charge in [-0.05, 0) is 19.8 Å². The second kappa shape index (κ2) is 4.44. The molecule has 0 aromatic carbocycles. The number of aryl methyl sites for hydroxylation is 1. The van der Waals surface area contributed by atoms with Crippen LogP contribution in [0.1, 0.15) is 18.5 Å². The van der Waals surface area contributed by atoms with E-state index in [0.717, 1.165) is 31.7 Å². The van der Waals surface area contributed by atoms with Crippen molar-refractivity contribution in [3.8, 4) is 0 Å². The zero-order valence-corrected chi connectivity index (χ0v) is 8.86. The van der Waals surface area contributed by atoms with E-state index in [1.165, 1.54) is 0 Å². The largest absolute Gasteiger partial charge is 0.384 e. The van der Waals surface area contributed by atoms with Gasteiger partial charge in [0.15, 0.2) is 0 Å². The van der Waals surface area contributed by atoms with Gasteiger partial charge in [0.2, 0.25) is 5.95 Å². The third kappa shape index (κ3) is 2.79. The summed E-state index contributed by atoms with van der Waals surface area (Å²) in [5.74, 6) is 1.14. The maximum Gasteiger partial charge on any atom is 0.225 e. The molecule has 0 amide bonds. The van der Waals surface area contributed by atoms with E-state index < -0.39 is 0 Å². The average molecular weight is 208 g/mol. The van der Waals surface area contributed by atoms with E-state index in [1.807, 2.05) is 6.92 Å². The number of nitrogen functional groups attached to an aromatic ring is 1. The third-order valence-electron chi connectivity index (χ3n) is 2.43. The summed E-state index contributed by atoms with van der Waals surface area (Å²) in [7, 11) is 0. The molecule has 0 bridgehead atoms. The van der Waals surface area contributed by atoms with E-state index in [9.17, 15) is 0 Å². The van der Waals surface area contributed by atoms with E-state index in [2.05, 4.69) is 15.3 Å². The number of anilines is 2. The molecule has 1 fully saturated rings. The van der Waals surface area contributed by atoms with Crippen LogP contribution in [-0.2, 0) is 4.74 Å². The highest BCUT2D eigenvalue weighted by molar-refractivity contribution is 5.38. The Hall–Kier alpha value is -1.36. The molecule has 0 radical (unpaired) electrons. The lowest BCUT2D eigenvalue weighted by atomic mass is 10.1. The van der Waals surface area contributed by atoms with Gasteiger partial charge in [0.25, 0.3) is 0 Å². The highest BCUT2D eigenvalue weighted by atomic mass is 16.5. The molecule has 2 heterocycles. The van der Waals surface area contributed by atoms with Crippen molar-refractivity contribution in [1.29, 1.82) is 0 Å². The molecule has 1 saturated heterocycles. The SMILES string of the molecule is Cc1cc(N)nc(NC2CCOCC2)n1. The lowest BCUT2D eigenvalue weighted by Gasteiger charge is -2.23. The van der Waals surface area contributed by atoms with Crippen molar-refractivity contribution in [3.05, 3.63) is 11.8 Å². The van der Waals surface area contributed by atoms with Crippen molar-refractivity contribution in [3.63, 3.8) is 0 Å². The summed E-state index contributed by atoms with van der Waals surface area (Å²) >= 11 is 0. The molecule has 5 heteroatoms. The minimum absolute atomic E-state index is 0.403. The van der Waals surface area contributed by atoms with Crippen LogP contribution in [0.5, 0.6) is 0 Å². The number of rotatable bonds is 2. The Bertz CT molecular complexity index is 316. The Morgan fingerprint density at radius 2 is 2.13 bits per heavy atom. The lowest BCUT2D eigenvalue weighted by Crippen LogP contribution is -2.28. The molecule has 1 aromatic rings. The first-order valence-corrected chi connectivity index (χ1v) is 5.19. The summed E-state index contributed by atoms with van der Waals surface area (Å²) in [5.41, 5.74) is 6.53. The fourth-order valence-corrected chi connectivity index (χ4v) is 1.68. The number of nitrogens with zero attached hydrogens (tertiary/aromatic N) is 2. The highest BCUT2D eigenvalue weighted by Gasteiger charge is 2.14. The zero-order valence-electron chi connectivity index (χ0n) is 8.86. The van der Waals surface area contributed by atoms with Crippen LogP contribution in [0.2, 0.25) is 0 Å². The van der Waals surface area contributed by atoms with Crippen LogP contribution in [0.3, 0.4) is 0 Å². The third-order valence-corrected chi connectivity index (χ3v) is 2.43. The van der Waals surface area contributed by atoms with Gasteiger partial charge in [-0.2, -0.15) is 4.98 Å². The van der Waals surface area contributed by atoms with Crippen molar-refractivity contribution in [1.82, 2.24) is 9.97 Å². The molecular formula is C10H16N4O. The van der Waals surface area contributed by atoms with Crippen LogP contribution >= 0.6 is 0 Å². The number of nitrogens with two attached hydrogens (primary N) is 1. The average Bonchev–Trinajstić information content (AvgIpc) is 2.17. The van der Waals surface area contributed by atoms with Crippen LogP contribution < -0.4 is 11.1 Å². The number of nitrogens with one attached hydrogen (secondary N) is 1. The van der Waals surface area contributed by atoms with Crippen molar-refractivity contribution in [2.75, 3.05) is 24.3 Å². The standard InChI is InChI=1S/C10H16N4O/c1-7-6-9(11)14-10(12-7)13-8-2-4-15-5-3-8/h6,8H,2-5H2,1H3,(H3,11,12,13,14). The maximum atomic E-state index is 5.65. The quantitative estimate of drug-likeness (QED) is 0.757. The summed E-state index contributed by atoms with van der Waals surface area (Å²) in [6.07, 6.45) is 1.99. The first-order valence-electron chi connectivity index (χ1n) is 5.19. The van der Waals surface area contributed by atoms with E-state index >= 15 is 0 Å². The summed E-state index contributed by atoms with van der Waals surface area (Å²) in [4.78, 5) is 8.43. The number of hydrogen-bond acceptors (Lipinski definition) is 5. The fraction of sp³-hybridized carbons (Fsp3) is 0.600. The van der Waals surface area contributed by atoms with Gasteiger partial charge in [-0.3, -0.25) is 0 Å². The molecule has 1 aliphatic heterocycles. The minimum atomic E-state index is 0.403. The smallest absolute Gasteiger partial charge is 0.225 e. The molecule has 0 atom stereocenters. The molecular weight excluding hydrogens is 192 g/mol. The van der Waals surface area contributed by atoms with E-state index in [1.54, 1.807) is 6.07 Å². The van der Waals surface area contributed by atoms with Crippen LogP contribution in [0.15, 0.2) is 6.07 Å². The molecule has 3 N–H and O–H groups in total. The first-order chi connectivity index (χ1) is 7.24. The Kier molecular flexibility index (Phi) is 3.01. The molecule has 0 saturated carbocycles. The Morgan fingerprint density at radius 3 is 2.80 bits per heavy atom. The predicted molar refractivity (Wildman–Crippen MR) is 58.6 cm³/mol. The Morgan fingerprint density at radius 1 is 1.40 bits per heavy atom. The van der Waals surface area contributed by atoms with Crippen molar-refractivity contribution in [2.45, 2.75) is 25.8 Å². The lowest BCUT2D eigenvalue weighted by molar-refractivity contribution is 0.0903. The Balaban J connectivity index is 2.02. The van der Waals surface area contributed by atoms with Crippen LogP contribution in [-0.4, -0.2) is 29.2 Å². The summed E-state index contributed by atoms with van der Waals surface area (Å²) in [6, 6.07) is 2.16. The summed E-state index contributed by atoms with van der Waals surface area (Å²) in [5, 5.41) is 3.28. The molecule has 1 aliphatic rings. The molecule has 0 unspecified atom stereocenters. The molecule has 5 nitrogen and oxygen atoms in total. The maximum absolute atomic E-state index is 5.65. The summed E-state index contributed by atoms with van der Waals surface area (Å²) < 4.78 is 5.28. The predicted octanol–water partition coefficient (Wildman–Crippen LogP) is 0.958. The van der Waals surface area contributed by atoms with Gasteiger partial charge in [0.1, 0.15) is 5.82 Å². The molecule has 2 rings (SSSR count). The highest BCUT2D eigenvalue weighted by Crippen LogP contribution is 2.13. The minimum Gasteiger partial charge on any atom is -0.384 e. The first kappa shape index (κ1) is 10.2. The number of aromatic nitrogens is 2. The zero-order chi connectivity index (χ0) is 10.7. The van der Waals surface area contributed by atoms with E-state index in [-0.39, 0.29) is 0 Å². The van der Waals surface area contributed by atoms with Gasteiger partial charge in [-0.25, -0.2) is 4.98 Å².